The molecule has 0 radical (unpaired) electrons. The van der Waals surface area contributed by atoms with Crippen LogP contribution in [0.2, 0.25) is 5.02 Å². The lowest BCUT2D eigenvalue weighted by Crippen LogP contribution is -2.46. The quantitative estimate of drug-likeness (QED) is 0.477. The fraction of sp³-hybridized carbons (Fsp3) is 0.524. The second kappa shape index (κ2) is 10.2. The standard InChI is InChI=1S/C21H26BrClN2O6/c1-5-13-9-12(7-8-30-13)25(21(27)29-6-2)18-14-10-15(22)16(23)11-17(14)31-19(18)20(26)24(3)28-4/h10-13H,5-9H2,1-4H3/t12-,13-/m0/s1. The van der Waals surface area contributed by atoms with Crippen LogP contribution in [0.5, 0.6) is 0 Å². The van der Waals surface area contributed by atoms with Gasteiger partial charge in [-0.15, -0.1) is 0 Å². The summed E-state index contributed by atoms with van der Waals surface area (Å²) < 4.78 is 17.7. The van der Waals surface area contributed by atoms with Gasteiger partial charge in [-0.1, -0.05) is 18.5 Å². The van der Waals surface area contributed by atoms with Crippen molar-refractivity contribution in [2.24, 2.45) is 0 Å². The first kappa shape index (κ1) is 23.8. The van der Waals surface area contributed by atoms with Gasteiger partial charge < -0.3 is 13.9 Å². The highest BCUT2D eigenvalue weighted by atomic mass is 79.9. The van der Waals surface area contributed by atoms with Crippen molar-refractivity contribution in [1.82, 2.24) is 5.06 Å². The number of furan rings is 1. The zero-order valence-electron chi connectivity index (χ0n) is 17.9. The average Bonchev–Trinajstić information content (AvgIpc) is 3.11. The number of nitrogens with zero attached hydrogens (tertiary/aromatic N) is 2. The largest absolute Gasteiger partial charge is 0.449 e. The van der Waals surface area contributed by atoms with Gasteiger partial charge >= 0.3 is 12.0 Å². The Morgan fingerprint density at radius 2 is 2.06 bits per heavy atom. The number of anilines is 1. The Hall–Kier alpha value is -1.81. The van der Waals surface area contributed by atoms with E-state index in [0.717, 1.165) is 11.5 Å². The zero-order valence-corrected chi connectivity index (χ0v) is 20.3. The van der Waals surface area contributed by atoms with Gasteiger partial charge in [0.2, 0.25) is 5.76 Å². The number of fused-ring (bicyclic) bond motifs is 1. The van der Waals surface area contributed by atoms with Crippen molar-refractivity contribution in [3.8, 4) is 0 Å². The van der Waals surface area contributed by atoms with E-state index in [2.05, 4.69) is 15.9 Å². The molecule has 10 heteroatoms. The van der Waals surface area contributed by atoms with E-state index >= 15 is 0 Å². The van der Waals surface area contributed by atoms with Crippen molar-refractivity contribution >= 4 is 56.2 Å². The van der Waals surface area contributed by atoms with Crippen LogP contribution in [0.3, 0.4) is 0 Å². The van der Waals surface area contributed by atoms with Crippen LogP contribution >= 0.6 is 27.5 Å². The average molecular weight is 518 g/mol. The maximum atomic E-state index is 13.2. The molecule has 2 heterocycles. The highest BCUT2D eigenvalue weighted by Crippen LogP contribution is 2.41. The van der Waals surface area contributed by atoms with E-state index in [4.69, 9.17) is 30.3 Å². The van der Waals surface area contributed by atoms with Gasteiger partial charge in [0.25, 0.3) is 0 Å². The van der Waals surface area contributed by atoms with Crippen LogP contribution in [0.25, 0.3) is 11.0 Å². The Labute approximate surface area is 194 Å². The molecule has 1 aromatic carbocycles. The highest BCUT2D eigenvalue weighted by molar-refractivity contribution is 9.10. The molecule has 0 unspecified atom stereocenters. The summed E-state index contributed by atoms with van der Waals surface area (Å²) in [5.74, 6) is -0.560. The Morgan fingerprint density at radius 1 is 1.32 bits per heavy atom. The Morgan fingerprint density at radius 3 is 2.71 bits per heavy atom. The van der Waals surface area contributed by atoms with Gasteiger partial charge in [0.05, 0.1) is 24.8 Å². The smallest absolute Gasteiger partial charge is 0.414 e. The summed E-state index contributed by atoms with van der Waals surface area (Å²) in [5.41, 5.74) is 0.714. The van der Waals surface area contributed by atoms with Crippen LogP contribution in [0.1, 0.15) is 43.7 Å². The summed E-state index contributed by atoms with van der Waals surface area (Å²) in [4.78, 5) is 32.8. The van der Waals surface area contributed by atoms with Crippen LogP contribution < -0.4 is 4.90 Å². The van der Waals surface area contributed by atoms with Crippen molar-refractivity contribution in [2.75, 3.05) is 32.3 Å². The molecule has 2 amide bonds. The number of halogens is 2. The third kappa shape index (κ3) is 4.84. The van der Waals surface area contributed by atoms with Crippen LogP contribution in [0.4, 0.5) is 10.5 Å². The lowest BCUT2D eigenvalue weighted by atomic mass is 9.99. The van der Waals surface area contributed by atoms with Crippen LogP contribution in [0.15, 0.2) is 21.0 Å². The number of carbonyl (C=O) groups is 2. The van der Waals surface area contributed by atoms with E-state index in [1.165, 1.54) is 19.1 Å². The third-order valence-electron chi connectivity index (χ3n) is 5.32. The molecule has 1 aliphatic heterocycles. The predicted octanol–water partition coefficient (Wildman–Crippen LogP) is 5.40. The normalized spacial score (nSPS) is 18.8. The van der Waals surface area contributed by atoms with Crippen LogP contribution in [0, 0.1) is 0 Å². The molecule has 0 aliphatic carbocycles. The van der Waals surface area contributed by atoms with Gasteiger partial charge in [-0.05, 0) is 48.2 Å². The molecule has 3 rings (SSSR count). The van der Waals surface area contributed by atoms with Gasteiger partial charge in [-0.3, -0.25) is 14.5 Å². The predicted molar refractivity (Wildman–Crippen MR) is 121 cm³/mol. The number of ether oxygens (including phenoxy) is 2. The fourth-order valence-electron chi connectivity index (χ4n) is 3.68. The molecule has 2 aromatic rings. The molecule has 0 N–H and O–H groups in total. The van der Waals surface area contributed by atoms with Gasteiger partial charge in [0, 0.05) is 35.6 Å². The van der Waals surface area contributed by atoms with Crippen molar-refractivity contribution in [2.45, 2.75) is 45.3 Å². The monoisotopic (exact) mass is 516 g/mol. The molecule has 1 saturated heterocycles. The van der Waals surface area contributed by atoms with Gasteiger partial charge in [0.1, 0.15) is 11.3 Å². The minimum absolute atomic E-state index is 0.0100. The molecule has 1 fully saturated rings. The van der Waals surface area contributed by atoms with Crippen LogP contribution in [-0.4, -0.2) is 56.6 Å². The highest BCUT2D eigenvalue weighted by Gasteiger charge is 2.38. The van der Waals surface area contributed by atoms with E-state index in [-0.39, 0.29) is 24.5 Å². The van der Waals surface area contributed by atoms with Crippen molar-refractivity contribution in [3.05, 3.63) is 27.4 Å². The molecule has 31 heavy (non-hydrogen) atoms. The number of rotatable bonds is 6. The molecule has 8 nitrogen and oxygen atoms in total. The van der Waals surface area contributed by atoms with Gasteiger partial charge in [-0.25, -0.2) is 9.86 Å². The van der Waals surface area contributed by atoms with E-state index in [0.29, 0.717) is 45.6 Å². The Kier molecular flexibility index (Phi) is 7.85. The van der Waals surface area contributed by atoms with Crippen molar-refractivity contribution < 1.29 is 28.3 Å². The topological polar surface area (TPSA) is 81.5 Å². The molecule has 0 spiro atoms. The maximum Gasteiger partial charge on any atom is 0.414 e. The second-order valence-corrected chi connectivity index (χ2v) is 8.44. The van der Waals surface area contributed by atoms with E-state index in [1.54, 1.807) is 19.1 Å². The van der Waals surface area contributed by atoms with Crippen LogP contribution in [-0.2, 0) is 14.3 Å². The lowest BCUT2D eigenvalue weighted by Gasteiger charge is -2.36. The number of benzene rings is 1. The zero-order chi connectivity index (χ0) is 22.7. The first-order chi connectivity index (χ1) is 14.8. The summed E-state index contributed by atoms with van der Waals surface area (Å²) in [5, 5.41) is 2.03. The molecule has 1 aliphatic rings. The number of hydrogen-bond acceptors (Lipinski definition) is 6. The number of amides is 2. The molecule has 0 bridgehead atoms. The minimum atomic E-state index is -0.549. The minimum Gasteiger partial charge on any atom is -0.449 e. The SMILES string of the molecule is CCOC(=O)N(c1c(C(=O)N(C)OC)oc2cc(Cl)c(Br)cc12)[C@H]1CCO[C@@H](CC)C1. The Bertz CT molecular complexity index is 965. The number of hydrogen-bond donors (Lipinski definition) is 0. The first-order valence-electron chi connectivity index (χ1n) is 10.1. The molecular formula is C21H26BrClN2O6. The summed E-state index contributed by atoms with van der Waals surface area (Å²) in [6.45, 7) is 4.48. The van der Waals surface area contributed by atoms with E-state index in [1.807, 2.05) is 6.92 Å². The first-order valence-corrected chi connectivity index (χ1v) is 11.3. The van der Waals surface area contributed by atoms with Gasteiger partial charge in [0.15, 0.2) is 0 Å². The Balaban J connectivity index is 2.23. The molecule has 170 valence electrons. The molecule has 2 atom stereocenters. The molecule has 0 saturated carbocycles. The van der Waals surface area contributed by atoms with E-state index in [9.17, 15) is 9.59 Å². The summed E-state index contributed by atoms with van der Waals surface area (Å²) in [6.07, 6.45) is 1.50. The van der Waals surface area contributed by atoms with Gasteiger partial charge in [-0.2, -0.15) is 0 Å². The second-order valence-electron chi connectivity index (χ2n) is 7.18. The van der Waals surface area contributed by atoms with Crippen molar-refractivity contribution in [1.29, 1.82) is 0 Å². The summed E-state index contributed by atoms with van der Waals surface area (Å²) >= 11 is 9.67. The van der Waals surface area contributed by atoms with E-state index < -0.39 is 12.0 Å². The summed E-state index contributed by atoms with van der Waals surface area (Å²) in [7, 11) is 2.85. The molecule has 1 aromatic heterocycles. The number of hydroxylamine groups is 2. The molecular weight excluding hydrogens is 492 g/mol. The fourth-order valence-corrected chi connectivity index (χ4v) is 4.18. The number of carbonyl (C=O) groups excluding carboxylic acids is 2. The third-order valence-corrected chi connectivity index (χ3v) is 6.52. The maximum absolute atomic E-state index is 13.2. The lowest BCUT2D eigenvalue weighted by molar-refractivity contribution is -0.0772. The summed E-state index contributed by atoms with van der Waals surface area (Å²) in [6, 6.07) is 3.12. The van der Waals surface area contributed by atoms with Crippen molar-refractivity contribution in [3.63, 3.8) is 0 Å².